The Morgan fingerprint density at radius 3 is 2.59 bits per heavy atom. The lowest BCUT2D eigenvalue weighted by Gasteiger charge is -2.38. The van der Waals surface area contributed by atoms with Crippen LogP contribution >= 0.6 is 11.3 Å². The maximum Gasteiger partial charge on any atom is 0.332 e. The minimum Gasteiger partial charge on any atom is -0.497 e. The van der Waals surface area contributed by atoms with Crippen LogP contribution in [0.4, 0.5) is 0 Å². The number of benzene rings is 1. The van der Waals surface area contributed by atoms with E-state index in [0.717, 1.165) is 29.0 Å². The summed E-state index contributed by atoms with van der Waals surface area (Å²) < 4.78 is 7.98. The van der Waals surface area contributed by atoms with Gasteiger partial charge < -0.3 is 9.64 Å². The van der Waals surface area contributed by atoms with E-state index in [4.69, 9.17) is 4.74 Å². The molecule has 2 aliphatic rings. The second-order valence-electron chi connectivity index (χ2n) is 8.97. The molecule has 0 bridgehead atoms. The van der Waals surface area contributed by atoms with Crippen molar-refractivity contribution >= 4 is 23.3 Å². The quantitative estimate of drug-likeness (QED) is 0.415. The second-order valence-corrected chi connectivity index (χ2v) is 9.95. The van der Waals surface area contributed by atoms with Crippen LogP contribution in [0.25, 0.3) is 6.08 Å². The van der Waals surface area contributed by atoms with Gasteiger partial charge in [-0.25, -0.2) is 4.68 Å². The number of hydrogen-bond donors (Lipinski definition) is 0. The van der Waals surface area contributed by atoms with Crippen molar-refractivity contribution in [1.29, 1.82) is 0 Å². The summed E-state index contributed by atoms with van der Waals surface area (Å²) in [5.74, 6) is 1.38. The van der Waals surface area contributed by atoms with Crippen molar-refractivity contribution in [2.75, 3.05) is 20.2 Å². The molecule has 1 saturated heterocycles. The van der Waals surface area contributed by atoms with Crippen molar-refractivity contribution in [3.8, 4) is 5.75 Å². The molecule has 34 heavy (non-hydrogen) atoms. The zero-order valence-electron chi connectivity index (χ0n) is 19.0. The third-order valence-electron chi connectivity index (χ3n) is 6.80. The Labute approximate surface area is 200 Å². The van der Waals surface area contributed by atoms with Gasteiger partial charge in [0.2, 0.25) is 5.91 Å². The predicted molar refractivity (Wildman–Crippen MR) is 130 cm³/mol. The first kappa shape index (κ1) is 22.3. The molecule has 1 amide bonds. The van der Waals surface area contributed by atoms with E-state index in [1.54, 1.807) is 29.1 Å². The summed E-state index contributed by atoms with van der Waals surface area (Å²) in [7, 11) is 1.60. The summed E-state index contributed by atoms with van der Waals surface area (Å²) in [6.45, 7) is 1.98. The number of nitrogens with zero attached hydrogens (tertiary/aromatic N) is 4. The number of carbonyl (C=O) groups excluding carboxylic acids is 1. The van der Waals surface area contributed by atoms with E-state index in [0.29, 0.717) is 31.9 Å². The number of amides is 1. The van der Waals surface area contributed by atoms with Gasteiger partial charge in [0.05, 0.1) is 13.7 Å². The molecule has 1 fully saturated rings. The van der Waals surface area contributed by atoms with E-state index >= 15 is 0 Å². The zero-order chi connectivity index (χ0) is 23.7. The first-order chi connectivity index (χ1) is 16.5. The smallest absolute Gasteiger partial charge is 0.332 e. The van der Waals surface area contributed by atoms with Gasteiger partial charge in [-0.15, -0.1) is 11.3 Å². The number of methoxy groups -OCH3 is 1. The van der Waals surface area contributed by atoms with E-state index in [1.165, 1.54) is 4.68 Å². The topological polar surface area (TPSA) is 86.4 Å². The van der Waals surface area contributed by atoms with Gasteiger partial charge in [-0.1, -0.05) is 18.2 Å². The first-order valence-corrected chi connectivity index (χ1v) is 12.2. The van der Waals surface area contributed by atoms with Gasteiger partial charge in [0.15, 0.2) is 0 Å². The standard InChI is InChI=1S/C25H26N4O4S/c1-33-19-6-4-18(5-7-19)16-29-24(32)23(31)28-17-25(15-21(28)26-29)10-12-27(13-11-25)22(30)9-8-20-3-2-14-34-20/h2-9,14H,10-13,15-17H2,1H3/b9-8+. The van der Waals surface area contributed by atoms with E-state index in [1.807, 2.05) is 52.8 Å². The van der Waals surface area contributed by atoms with Gasteiger partial charge in [-0.05, 0) is 53.5 Å². The van der Waals surface area contributed by atoms with Gasteiger partial charge in [0.1, 0.15) is 11.6 Å². The fourth-order valence-electron chi connectivity index (χ4n) is 4.79. The fourth-order valence-corrected chi connectivity index (χ4v) is 5.41. The Balaban J connectivity index is 1.28. The van der Waals surface area contributed by atoms with Crippen molar-refractivity contribution in [3.63, 3.8) is 0 Å². The second kappa shape index (κ2) is 9.06. The van der Waals surface area contributed by atoms with Crippen LogP contribution < -0.4 is 15.9 Å². The first-order valence-electron chi connectivity index (χ1n) is 11.3. The molecular weight excluding hydrogens is 452 g/mol. The lowest BCUT2D eigenvalue weighted by molar-refractivity contribution is -0.128. The third kappa shape index (κ3) is 4.35. The van der Waals surface area contributed by atoms with E-state index in [9.17, 15) is 14.4 Å². The molecule has 8 nitrogen and oxygen atoms in total. The molecule has 9 heteroatoms. The predicted octanol–water partition coefficient (Wildman–Crippen LogP) is 2.40. The number of rotatable bonds is 5. The van der Waals surface area contributed by atoms with Crippen molar-refractivity contribution in [1.82, 2.24) is 19.2 Å². The molecule has 0 atom stereocenters. The highest BCUT2D eigenvalue weighted by Crippen LogP contribution is 2.40. The van der Waals surface area contributed by atoms with Crippen LogP contribution in [0.3, 0.4) is 0 Å². The van der Waals surface area contributed by atoms with Gasteiger partial charge in [-0.3, -0.25) is 19.0 Å². The average Bonchev–Trinajstić information content (AvgIpc) is 3.50. The molecule has 176 valence electrons. The monoisotopic (exact) mass is 478 g/mol. The van der Waals surface area contributed by atoms with Crippen LogP contribution in [0.15, 0.2) is 57.4 Å². The molecule has 4 heterocycles. The lowest BCUT2D eigenvalue weighted by Crippen LogP contribution is -2.45. The molecule has 1 aromatic carbocycles. The molecular formula is C25H26N4O4S. The van der Waals surface area contributed by atoms with Crippen LogP contribution in [0.2, 0.25) is 0 Å². The highest BCUT2D eigenvalue weighted by molar-refractivity contribution is 7.10. The number of ether oxygens (including phenoxy) is 1. The van der Waals surface area contributed by atoms with Crippen molar-refractivity contribution in [2.24, 2.45) is 5.41 Å². The van der Waals surface area contributed by atoms with Crippen molar-refractivity contribution in [2.45, 2.75) is 32.4 Å². The summed E-state index contributed by atoms with van der Waals surface area (Å²) in [4.78, 5) is 41.1. The minimum atomic E-state index is -0.608. The van der Waals surface area contributed by atoms with Crippen molar-refractivity contribution < 1.29 is 9.53 Å². The highest BCUT2D eigenvalue weighted by Gasteiger charge is 2.42. The normalized spacial score (nSPS) is 16.8. The highest BCUT2D eigenvalue weighted by atomic mass is 32.1. The molecule has 0 radical (unpaired) electrons. The SMILES string of the molecule is COc1ccc(Cn2nc3n(c(=O)c2=O)CC2(CCN(C(=O)/C=C/c4cccs4)CC2)C3)cc1. The van der Waals surface area contributed by atoms with Crippen LogP contribution in [-0.4, -0.2) is 45.4 Å². The van der Waals surface area contributed by atoms with E-state index in [-0.39, 0.29) is 17.9 Å². The Bertz CT molecular complexity index is 1330. The summed E-state index contributed by atoms with van der Waals surface area (Å²) >= 11 is 1.60. The van der Waals surface area contributed by atoms with E-state index in [2.05, 4.69) is 5.10 Å². The Kier molecular flexibility index (Phi) is 5.95. The fraction of sp³-hybridized carbons (Fsp3) is 0.360. The number of hydrogen-bond acceptors (Lipinski definition) is 6. The molecule has 0 saturated carbocycles. The third-order valence-corrected chi connectivity index (χ3v) is 7.63. The molecule has 1 spiro atoms. The maximum absolute atomic E-state index is 12.9. The summed E-state index contributed by atoms with van der Waals surface area (Å²) in [5.41, 5.74) is -0.398. The summed E-state index contributed by atoms with van der Waals surface area (Å²) in [5, 5.41) is 6.54. The number of likely N-dealkylation sites (tertiary alicyclic amines) is 1. The summed E-state index contributed by atoms with van der Waals surface area (Å²) in [6.07, 6.45) is 5.68. The molecule has 0 unspecified atom stereocenters. The number of piperidine rings is 1. The lowest BCUT2D eigenvalue weighted by atomic mass is 9.77. The van der Waals surface area contributed by atoms with Crippen LogP contribution in [-0.2, 0) is 24.3 Å². The Morgan fingerprint density at radius 2 is 1.91 bits per heavy atom. The molecule has 3 aromatic rings. The number of carbonyl (C=O) groups is 1. The van der Waals surface area contributed by atoms with Gasteiger partial charge in [0.25, 0.3) is 0 Å². The number of fused-ring (bicyclic) bond motifs is 1. The molecule has 2 aromatic heterocycles. The molecule has 5 rings (SSSR count). The van der Waals surface area contributed by atoms with Crippen LogP contribution in [0.5, 0.6) is 5.75 Å². The maximum atomic E-state index is 12.9. The average molecular weight is 479 g/mol. The van der Waals surface area contributed by atoms with Gasteiger partial charge >= 0.3 is 11.1 Å². The van der Waals surface area contributed by atoms with Gasteiger partial charge in [0, 0.05) is 37.0 Å². The van der Waals surface area contributed by atoms with Crippen molar-refractivity contribution in [3.05, 3.63) is 84.8 Å². The molecule has 0 aliphatic carbocycles. The number of thiophene rings is 1. The van der Waals surface area contributed by atoms with Crippen LogP contribution in [0, 0.1) is 5.41 Å². The van der Waals surface area contributed by atoms with Gasteiger partial charge in [-0.2, -0.15) is 5.10 Å². The molecule has 0 N–H and O–H groups in total. The Hall–Kier alpha value is -3.46. The van der Waals surface area contributed by atoms with Crippen LogP contribution in [0.1, 0.15) is 29.1 Å². The molecule has 2 aliphatic heterocycles. The largest absolute Gasteiger partial charge is 0.497 e. The Morgan fingerprint density at radius 1 is 1.15 bits per heavy atom. The van der Waals surface area contributed by atoms with E-state index < -0.39 is 11.1 Å². The number of aromatic nitrogens is 3. The zero-order valence-corrected chi connectivity index (χ0v) is 19.8. The summed E-state index contributed by atoms with van der Waals surface area (Å²) in [6, 6.07) is 11.3. The minimum absolute atomic E-state index is 0.00762.